The van der Waals surface area contributed by atoms with Crippen molar-refractivity contribution in [2.75, 3.05) is 25.4 Å². The minimum atomic E-state index is -1.08. The number of anilines is 1. The van der Waals surface area contributed by atoms with E-state index in [2.05, 4.69) is 0 Å². The number of methoxy groups -OCH3 is 1. The second-order valence-electron chi connectivity index (χ2n) is 6.39. The first-order chi connectivity index (χ1) is 13.1. The summed E-state index contributed by atoms with van der Waals surface area (Å²) < 4.78 is 15.9. The molecule has 1 saturated heterocycles. The molecule has 0 saturated carbocycles. The van der Waals surface area contributed by atoms with Crippen LogP contribution >= 0.6 is 0 Å². The van der Waals surface area contributed by atoms with Crippen molar-refractivity contribution in [1.29, 1.82) is 0 Å². The van der Waals surface area contributed by atoms with E-state index < -0.39 is 30.2 Å². The summed E-state index contributed by atoms with van der Waals surface area (Å²) in [5, 5.41) is 1.59. The predicted octanol–water partition coefficient (Wildman–Crippen LogP) is 3.08. The lowest BCUT2D eigenvalue weighted by Gasteiger charge is -2.41. The van der Waals surface area contributed by atoms with Gasteiger partial charge in [0, 0.05) is 13.5 Å². The summed E-state index contributed by atoms with van der Waals surface area (Å²) >= 11 is 0. The average Bonchev–Trinajstić information content (AvgIpc) is 2.71. The zero-order chi connectivity index (χ0) is 19.6. The highest BCUT2D eigenvalue weighted by molar-refractivity contribution is 5.96. The van der Waals surface area contributed by atoms with Gasteiger partial charge in [0.05, 0.1) is 24.9 Å². The summed E-state index contributed by atoms with van der Waals surface area (Å²) in [6.45, 7) is 4.33. The molecule has 0 radical (unpaired) electrons. The van der Waals surface area contributed by atoms with Crippen molar-refractivity contribution in [3.8, 4) is 0 Å². The van der Waals surface area contributed by atoms with Crippen LogP contribution in [0.4, 0.5) is 5.69 Å². The Kier molecular flexibility index (Phi) is 8.54. The molecule has 1 aromatic rings. The van der Waals surface area contributed by atoms with Crippen LogP contribution in [0.5, 0.6) is 0 Å². The zero-order valence-corrected chi connectivity index (χ0v) is 16.3. The number of hydrogen-bond donors (Lipinski definition) is 0. The molecule has 1 aliphatic rings. The van der Waals surface area contributed by atoms with Crippen molar-refractivity contribution in [3.05, 3.63) is 30.3 Å². The first-order valence-corrected chi connectivity index (χ1v) is 9.49. The van der Waals surface area contributed by atoms with Gasteiger partial charge in [0.25, 0.3) is 0 Å². The third-order valence-electron chi connectivity index (χ3n) is 4.29. The van der Waals surface area contributed by atoms with Crippen molar-refractivity contribution >= 4 is 17.6 Å². The summed E-state index contributed by atoms with van der Waals surface area (Å²) in [5.41, 5.74) is 0.737. The molecule has 7 nitrogen and oxygen atoms in total. The lowest BCUT2D eigenvalue weighted by molar-refractivity contribution is -0.183. The fourth-order valence-corrected chi connectivity index (χ4v) is 2.97. The molecule has 2 rings (SSSR count). The number of carbonyl (C=O) groups excluding carboxylic acids is 2. The van der Waals surface area contributed by atoms with Gasteiger partial charge in [-0.3, -0.25) is 9.59 Å². The van der Waals surface area contributed by atoms with Gasteiger partial charge in [0.1, 0.15) is 0 Å². The Morgan fingerprint density at radius 2 is 1.67 bits per heavy atom. The van der Waals surface area contributed by atoms with Crippen molar-refractivity contribution in [2.45, 2.75) is 51.9 Å². The van der Waals surface area contributed by atoms with Gasteiger partial charge in [-0.15, -0.1) is 0 Å². The lowest BCUT2D eigenvalue weighted by Crippen LogP contribution is -2.53. The molecule has 1 heterocycles. The summed E-state index contributed by atoms with van der Waals surface area (Å²) in [4.78, 5) is 31.3. The van der Waals surface area contributed by atoms with Gasteiger partial charge >= 0.3 is 11.9 Å². The van der Waals surface area contributed by atoms with E-state index in [1.165, 1.54) is 0 Å². The zero-order valence-electron chi connectivity index (χ0n) is 16.3. The molecular formula is C20H29NO6. The smallest absolute Gasteiger partial charge is 0.322 e. The van der Waals surface area contributed by atoms with E-state index in [9.17, 15) is 9.59 Å². The third kappa shape index (κ3) is 5.68. The summed E-state index contributed by atoms with van der Waals surface area (Å²) in [6, 6.07) is 8.80. The van der Waals surface area contributed by atoms with Crippen LogP contribution in [0.25, 0.3) is 0 Å². The van der Waals surface area contributed by atoms with Crippen LogP contribution in [0.1, 0.15) is 39.5 Å². The van der Waals surface area contributed by atoms with Gasteiger partial charge in [0.2, 0.25) is 0 Å². The molecule has 0 aromatic heterocycles. The van der Waals surface area contributed by atoms with Gasteiger partial charge in [-0.1, -0.05) is 32.0 Å². The number of hydrogen-bond acceptors (Lipinski definition) is 7. The van der Waals surface area contributed by atoms with Crippen LogP contribution in [-0.4, -0.2) is 44.6 Å². The molecule has 0 amide bonds. The van der Waals surface area contributed by atoms with E-state index >= 15 is 0 Å². The van der Waals surface area contributed by atoms with Gasteiger partial charge in [-0.2, -0.15) is 0 Å². The number of benzene rings is 1. The van der Waals surface area contributed by atoms with E-state index in [-0.39, 0.29) is 13.2 Å². The topological polar surface area (TPSA) is 74.3 Å². The molecule has 150 valence electrons. The monoisotopic (exact) mass is 379 g/mol. The highest BCUT2D eigenvalue weighted by Crippen LogP contribution is 2.32. The van der Waals surface area contributed by atoms with Crippen molar-refractivity contribution in [3.63, 3.8) is 0 Å². The largest absolute Gasteiger partial charge is 0.465 e. The standard InChI is InChI=1S/C20H29NO6/c1-4-13-25-19(22)18(20(23)26-14-5-2)16-11-12-17(24-3)27-21(16)15-9-7-6-8-10-15/h6-10,16-18H,4-5,11-14H2,1-3H3/t16-,17-/m1/s1. The predicted molar refractivity (Wildman–Crippen MR) is 99.8 cm³/mol. The fourth-order valence-electron chi connectivity index (χ4n) is 2.97. The maximum atomic E-state index is 12.7. The number of rotatable bonds is 9. The molecule has 0 spiro atoms. The Balaban J connectivity index is 2.30. The minimum absolute atomic E-state index is 0.260. The second-order valence-corrected chi connectivity index (χ2v) is 6.39. The Morgan fingerprint density at radius 3 is 2.19 bits per heavy atom. The number of para-hydroxylation sites is 1. The van der Waals surface area contributed by atoms with Crippen LogP contribution in [0.15, 0.2) is 30.3 Å². The van der Waals surface area contributed by atoms with E-state index in [1.54, 1.807) is 12.2 Å². The van der Waals surface area contributed by atoms with Crippen LogP contribution in [-0.2, 0) is 28.6 Å². The molecule has 1 aliphatic heterocycles. The summed E-state index contributed by atoms with van der Waals surface area (Å²) in [7, 11) is 1.57. The highest BCUT2D eigenvalue weighted by atomic mass is 16.8. The Labute approximate surface area is 160 Å². The van der Waals surface area contributed by atoms with Crippen LogP contribution in [0.2, 0.25) is 0 Å². The molecular weight excluding hydrogens is 350 g/mol. The number of ether oxygens (including phenoxy) is 3. The third-order valence-corrected chi connectivity index (χ3v) is 4.29. The van der Waals surface area contributed by atoms with Gasteiger partial charge in [-0.25, -0.2) is 9.90 Å². The Hall–Kier alpha value is -2.12. The van der Waals surface area contributed by atoms with Gasteiger partial charge in [0.15, 0.2) is 12.2 Å². The molecule has 7 heteroatoms. The fraction of sp³-hybridized carbons (Fsp3) is 0.600. The minimum Gasteiger partial charge on any atom is -0.465 e. The van der Waals surface area contributed by atoms with Crippen LogP contribution in [0, 0.1) is 5.92 Å². The van der Waals surface area contributed by atoms with E-state index in [1.807, 2.05) is 44.2 Å². The normalized spacial score (nSPS) is 19.8. The number of carbonyl (C=O) groups is 2. The molecule has 0 unspecified atom stereocenters. The molecule has 27 heavy (non-hydrogen) atoms. The number of esters is 2. The quantitative estimate of drug-likeness (QED) is 0.482. The molecule has 0 aliphatic carbocycles. The van der Waals surface area contributed by atoms with Crippen molar-refractivity contribution in [2.24, 2.45) is 5.92 Å². The Bertz CT molecular complexity index is 573. The van der Waals surface area contributed by atoms with E-state index in [0.29, 0.717) is 25.7 Å². The van der Waals surface area contributed by atoms with Gasteiger partial charge < -0.3 is 14.2 Å². The second kappa shape index (κ2) is 10.9. The summed E-state index contributed by atoms with van der Waals surface area (Å²) in [5.74, 6) is -2.24. The SMILES string of the molecule is CCCOC(=O)C(C(=O)OCCC)[C@H]1CC[C@H](OC)ON1c1ccccc1. The van der Waals surface area contributed by atoms with Crippen LogP contribution in [0.3, 0.4) is 0 Å². The maximum absolute atomic E-state index is 12.7. The van der Waals surface area contributed by atoms with Crippen LogP contribution < -0.4 is 5.06 Å². The summed E-state index contributed by atoms with van der Waals surface area (Å²) in [6.07, 6.45) is 2.00. The van der Waals surface area contributed by atoms with E-state index in [0.717, 1.165) is 5.69 Å². The Morgan fingerprint density at radius 1 is 1.07 bits per heavy atom. The number of hydroxylamine groups is 1. The highest BCUT2D eigenvalue weighted by Gasteiger charge is 2.44. The molecule has 1 fully saturated rings. The average molecular weight is 379 g/mol. The first-order valence-electron chi connectivity index (χ1n) is 9.49. The van der Waals surface area contributed by atoms with E-state index in [4.69, 9.17) is 19.0 Å². The molecule has 1 aromatic carbocycles. The maximum Gasteiger partial charge on any atom is 0.322 e. The lowest BCUT2D eigenvalue weighted by atomic mass is 9.93. The van der Waals surface area contributed by atoms with Gasteiger partial charge in [-0.05, 0) is 31.4 Å². The molecule has 2 atom stereocenters. The number of nitrogens with zero attached hydrogens (tertiary/aromatic N) is 1. The first kappa shape index (κ1) is 21.2. The molecule has 0 bridgehead atoms. The molecule has 0 N–H and O–H groups in total. The van der Waals surface area contributed by atoms with Crippen molar-refractivity contribution in [1.82, 2.24) is 0 Å². The van der Waals surface area contributed by atoms with Crippen molar-refractivity contribution < 1.29 is 28.6 Å².